The van der Waals surface area contributed by atoms with E-state index < -0.39 is 0 Å². The summed E-state index contributed by atoms with van der Waals surface area (Å²) in [6.45, 7) is 3.70. The van der Waals surface area contributed by atoms with Gasteiger partial charge in [0.05, 0.1) is 12.8 Å². The average Bonchev–Trinajstić information content (AvgIpc) is 3.08. The van der Waals surface area contributed by atoms with Crippen LogP contribution in [0, 0.1) is 6.92 Å². The van der Waals surface area contributed by atoms with Crippen LogP contribution in [0.1, 0.15) is 27.9 Å². The second-order valence-electron chi connectivity index (χ2n) is 6.22. The number of hydrogen-bond donors (Lipinski definition) is 2. The highest BCUT2D eigenvalue weighted by Crippen LogP contribution is 2.29. The quantitative estimate of drug-likeness (QED) is 0.661. The summed E-state index contributed by atoms with van der Waals surface area (Å²) in [6, 6.07) is 14.9. The van der Waals surface area contributed by atoms with Crippen LogP contribution in [0.2, 0.25) is 0 Å². The normalized spacial score (nSPS) is 10.4. The van der Waals surface area contributed by atoms with E-state index in [1.165, 1.54) is 18.3 Å². The highest BCUT2D eigenvalue weighted by Gasteiger charge is 2.16. The van der Waals surface area contributed by atoms with E-state index in [0.29, 0.717) is 17.1 Å². The first-order valence-electron chi connectivity index (χ1n) is 8.73. The molecule has 0 saturated carbocycles. The minimum absolute atomic E-state index is 0.116. The molecule has 2 aromatic carbocycles. The lowest BCUT2D eigenvalue weighted by atomic mass is 10.2. The molecular weight excluding hydrogens is 374 g/mol. The molecule has 2 amide bonds. The minimum Gasteiger partial charge on any atom is -0.497 e. The number of methoxy groups -OCH3 is 1. The summed E-state index contributed by atoms with van der Waals surface area (Å²) in [7, 11) is 1.62. The first-order chi connectivity index (χ1) is 13.5. The molecular formula is C21H21N3O3S. The van der Waals surface area contributed by atoms with Gasteiger partial charge in [-0.2, -0.15) is 0 Å². The number of nitrogens with zero attached hydrogens (tertiary/aromatic N) is 1. The van der Waals surface area contributed by atoms with E-state index in [9.17, 15) is 9.59 Å². The lowest BCUT2D eigenvalue weighted by molar-refractivity contribution is -0.114. The Morgan fingerprint density at radius 1 is 1.07 bits per heavy atom. The fourth-order valence-corrected chi connectivity index (χ4v) is 3.62. The average molecular weight is 395 g/mol. The van der Waals surface area contributed by atoms with Gasteiger partial charge in [0.1, 0.15) is 15.6 Å². The molecule has 0 saturated heterocycles. The molecule has 0 unspecified atom stereocenters. The minimum atomic E-state index is -0.152. The lowest BCUT2D eigenvalue weighted by Crippen LogP contribution is -2.22. The van der Waals surface area contributed by atoms with Crippen molar-refractivity contribution in [2.75, 3.05) is 12.4 Å². The summed E-state index contributed by atoms with van der Waals surface area (Å²) in [5.74, 6) is 0.509. The summed E-state index contributed by atoms with van der Waals surface area (Å²) in [5, 5.41) is 6.43. The molecule has 0 aliphatic rings. The Bertz CT molecular complexity index is 979. The molecule has 2 N–H and O–H groups in total. The second kappa shape index (κ2) is 8.67. The Morgan fingerprint density at radius 2 is 1.75 bits per heavy atom. The molecule has 0 radical (unpaired) electrons. The van der Waals surface area contributed by atoms with Crippen molar-refractivity contribution in [3.8, 4) is 16.3 Å². The number of anilines is 1. The molecule has 0 spiro atoms. The van der Waals surface area contributed by atoms with Crippen LogP contribution in [0.5, 0.6) is 5.75 Å². The Hall–Kier alpha value is -3.19. The first kappa shape index (κ1) is 19.6. The summed E-state index contributed by atoms with van der Waals surface area (Å²) in [5.41, 5.74) is 3.32. The summed E-state index contributed by atoms with van der Waals surface area (Å²) in [6.07, 6.45) is 0. The van der Waals surface area contributed by atoms with E-state index in [1.54, 1.807) is 7.11 Å². The molecule has 0 fully saturated rings. The van der Waals surface area contributed by atoms with E-state index >= 15 is 0 Å². The molecule has 0 aliphatic heterocycles. The number of hydrogen-bond acceptors (Lipinski definition) is 5. The van der Waals surface area contributed by atoms with Gasteiger partial charge in [-0.25, -0.2) is 4.98 Å². The van der Waals surface area contributed by atoms with Crippen molar-refractivity contribution >= 4 is 28.8 Å². The highest BCUT2D eigenvalue weighted by atomic mass is 32.1. The van der Waals surface area contributed by atoms with E-state index in [4.69, 9.17) is 4.74 Å². The van der Waals surface area contributed by atoms with Gasteiger partial charge in [-0.1, -0.05) is 12.1 Å². The van der Waals surface area contributed by atoms with Crippen LogP contribution in [-0.2, 0) is 11.3 Å². The molecule has 3 aromatic rings. The van der Waals surface area contributed by atoms with Gasteiger partial charge >= 0.3 is 0 Å². The van der Waals surface area contributed by atoms with Gasteiger partial charge in [-0.3, -0.25) is 9.59 Å². The number of benzene rings is 2. The lowest BCUT2D eigenvalue weighted by Gasteiger charge is -2.06. The summed E-state index contributed by atoms with van der Waals surface area (Å²) < 4.78 is 5.17. The Kier molecular flexibility index (Phi) is 6.06. The zero-order valence-corrected chi connectivity index (χ0v) is 16.7. The number of rotatable bonds is 6. The topological polar surface area (TPSA) is 80.3 Å². The Labute approximate surface area is 167 Å². The molecule has 1 aromatic heterocycles. The fourth-order valence-electron chi connectivity index (χ4n) is 2.64. The molecule has 28 heavy (non-hydrogen) atoms. The summed E-state index contributed by atoms with van der Waals surface area (Å²) in [4.78, 5) is 28.8. The van der Waals surface area contributed by atoms with Gasteiger partial charge in [-0.05, 0) is 48.9 Å². The maximum Gasteiger partial charge on any atom is 0.263 e. The maximum absolute atomic E-state index is 12.6. The third kappa shape index (κ3) is 4.75. The molecule has 6 nitrogen and oxygen atoms in total. The van der Waals surface area contributed by atoms with Crippen LogP contribution in [0.15, 0.2) is 48.5 Å². The zero-order chi connectivity index (χ0) is 20.1. The number of aryl methyl sites for hydroxylation is 1. The van der Waals surface area contributed by atoms with Crippen molar-refractivity contribution in [3.63, 3.8) is 0 Å². The van der Waals surface area contributed by atoms with E-state index in [0.717, 1.165) is 27.6 Å². The number of nitrogens with one attached hydrogen (secondary N) is 2. The third-order valence-electron chi connectivity index (χ3n) is 4.07. The van der Waals surface area contributed by atoms with Crippen LogP contribution >= 0.6 is 11.3 Å². The van der Waals surface area contributed by atoms with Crippen molar-refractivity contribution in [2.24, 2.45) is 0 Å². The van der Waals surface area contributed by atoms with Crippen LogP contribution in [0.25, 0.3) is 10.6 Å². The van der Waals surface area contributed by atoms with Crippen molar-refractivity contribution in [2.45, 2.75) is 20.4 Å². The number of aromatic nitrogens is 1. The highest BCUT2D eigenvalue weighted by molar-refractivity contribution is 7.17. The number of thiazole rings is 1. The zero-order valence-electron chi connectivity index (χ0n) is 15.9. The van der Waals surface area contributed by atoms with E-state index in [2.05, 4.69) is 15.6 Å². The Balaban J connectivity index is 1.65. The predicted molar refractivity (Wildman–Crippen MR) is 111 cm³/mol. The molecule has 1 heterocycles. The number of carbonyl (C=O) groups is 2. The molecule has 3 rings (SSSR count). The van der Waals surface area contributed by atoms with Crippen molar-refractivity contribution in [1.82, 2.24) is 10.3 Å². The second-order valence-corrected chi connectivity index (χ2v) is 7.22. The van der Waals surface area contributed by atoms with Gasteiger partial charge in [0.15, 0.2) is 0 Å². The van der Waals surface area contributed by atoms with Crippen LogP contribution in [-0.4, -0.2) is 23.9 Å². The fraction of sp³-hybridized carbons (Fsp3) is 0.190. The van der Waals surface area contributed by atoms with Crippen LogP contribution < -0.4 is 15.4 Å². The van der Waals surface area contributed by atoms with Crippen LogP contribution in [0.4, 0.5) is 5.69 Å². The van der Waals surface area contributed by atoms with Gasteiger partial charge in [-0.15, -0.1) is 11.3 Å². The van der Waals surface area contributed by atoms with Crippen molar-refractivity contribution < 1.29 is 14.3 Å². The predicted octanol–water partition coefficient (Wildman–Crippen LogP) is 4.02. The van der Waals surface area contributed by atoms with Gasteiger partial charge in [0.25, 0.3) is 5.91 Å². The smallest absolute Gasteiger partial charge is 0.263 e. The van der Waals surface area contributed by atoms with E-state index in [1.807, 2.05) is 55.5 Å². The van der Waals surface area contributed by atoms with Crippen LogP contribution in [0.3, 0.4) is 0 Å². The standard InChI is InChI=1S/C21H21N3O3S/c1-13-19(28-21(23-13)16-6-10-18(27-3)11-7-16)20(26)22-12-15-4-8-17(9-5-15)24-14(2)25/h4-11H,12H2,1-3H3,(H,22,26)(H,24,25). The maximum atomic E-state index is 12.6. The SMILES string of the molecule is COc1ccc(-c2nc(C)c(C(=O)NCc3ccc(NC(C)=O)cc3)s2)cc1. The van der Waals surface area contributed by atoms with Crippen molar-refractivity contribution in [1.29, 1.82) is 0 Å². The molecule has 0 aliphatic carbocycles. The first-order valence-corrected chi connectivity index (χ1v) is 9.54. The molecule has 7 heteroatoms. The molecule has 0 atom stereocenters. The van der Waals surface area contributed by atoms with Gasteiger partial charge in [0.2, 0.25) is 5.91 Å². The number of carbonyl (C=O) groups excluding carboxylic acids is 2. The Morgan fingerprint density at radius 3 is 2.36 bits per heavy atom. The largest absolute Gasteiger partial charge is 0.497 e. The van der Waals surface area contributed by atoms with Gasteiger partial charge in [0, 0.05) is 24.7 Å². The number of ether oxygens (including phenoxy) is 1. The molecule has 0 bridgehead atoms. The third-order valence-corrected chi connectivity index (χ3v) is 5.27. The summed E-state index contributed by atoms with van der Waals surface area (Å²) >= 11 is 1.37. The van der Waals surface area contributed by atoms with E-state index in [-0.39, 0.29) is 11.8 Å². The number of amides is 2. The molecule has 144 valence electrons. The monoisotopic (exact) mass is 395 g/mol. The van der Waals surface area contributed by atoms with Gasteiger partial charge < -0.3 is 15.4 Å². The van der Waals surface area contributed by atoms with Crippen molar-refractivity contribution in [3.05, 3.63) is 64.7 Å².